The number of rotatable bonds is 10. The average molecular weight is 302 g/mol. The fourth-order valence-electron chi connectivity index (χ4n) is 1.78. The predicted molar refractivity (Wildman–Crippen MR) is 81.7 cm³/mol. The minimum atomic E-state index is 0.153. The van der Waals surface area contributed by atoms with Crippen molar-refractivity contribution in [2.75, 3.05) is 33.0 Å². The number of aryl methyl sites for hydroxylation is 1. The second-order valence-electron chi connectivity index (χ2n) is 4.59. The highest BCUT2D eigenvalue weighted by Gasteiger charge is 2.04. The van der Waals surface area contributed by atoms with E-state index in [9.17, 15) is 0 Å². The fraction of sp³-hybridized carbons (Fsp3) is 0.600. The molecule has 0 aliphatic heterocycles. The van der Waals surface area contributed by atoms with Crippen molar-refractivity contribution in [3.05, 3.63) is 28.8 Å². The molecule has 0 saturated heterocycles. The van der Waals surface area contributed by atoms with E-state index in [0.29, 0.717) is 24.8 Å². The third-order valence-electron chi connectivity index (χ3n) is 3.03. The Morgan fingerprint density at radius 1 is 1.30 bits per heavy atom. The number of hydrogen-bond donors (Lipinski definition) is 2. The molecule has 0 radical (unpaired) electrons. The maximum Gasteiger partial charge on any atom is 0.140 e. The van der Waals surface area contributed by atoms with Gasteiger partial charge in [-0.1, -0.05) is 30.7 Å². The van der Waals surface area contributed by atoms with Gasteiger partial charge in [-0.15, -0.1) is 0 Å². The van der Waals surface area contributed by atoms with Gasteiger partial charge in [0.1, 0.15) is 12.4 Å². The van der Waals surface area contributed by atoms with Crippen LogP contribution in [-0.4, -0.2) is 44.1 Å². The summed E-state index contributed by atoms with van der Waals surface area (Å²) in [5.74, 6) is 0.724. The van der Waals surface area contributed by atoms with E-state index in [1.807, 2.05) is 32.0 Å². The molecule has 0 heterocycles. The number of hydrogen-bond acceptors (Lipinski definition) is 4. The van der Waals surface area contributed by atoms with Crippen molar-refractivity contribution in [1.82, 2.24) is 5.32 Å². The van der Waals surface area contributed by atoms with Crippen LogP contribution in [0.5, 0.6) is 5.75 Å². The van der Waals surface area contributed by atoms with E-state index in [2.05, 4.69) is 5.32 Å². The van der Waals surface area contributed by atoms with Gasteiger partial charge >= 0.3 is 0 Å². The molecule has 1 rings (SSSR count). The number of para-hydroxylation sites is 1. The quantitative estimate of drug-likeness (QED) is 0.652. The molecule has 0 unspecified atom stereocenters. The van der Waals surface area contributed by atoms with Crippen molar-refractivity contribution in [1.29, 1.82) is 0 Å². The zero-order chi connectivity index (χ0) is 14.8. The Morgan fingerprint density at radius 3 is 2.75 bits per heavy atom. The maximum atomic E-state index is 9.01. The molecular formula is C15H24ClNO3. The van der Waals surface area contributed by atoms with Crippen LogP contribution in [-0.2, 0) is 4.74 Å². The molecule has 114 valence electrons. The first kappa shape index (κ1) is 17.2. The molecule has 0 spiro atoms. The summed E-state index contributed by atoms with van der Waals surface area (Å²) in [5, 5.41) is 12.8. The van der Waals surface area contributed by atoms with Crippen LogP contribution in [0.15, 0.2) is 18.2 Å². The standard InChI is InChI=1S/C15H24ClNO3/c1-3-13(11-18)17-7-8-19-9-10-20-15-12(2)5-4-6-14(15)16/h4-6,13,17-18H,3,7-11H2,1-2H3/t13-/m0/s1. The van der Waals surface area contributed by atoms with Gasteiger partial charge in [0.15, 0.2) is 0 Å². The number of aliphatic hydroxyl groups is 1. The van der Waals surface area contributed by atoms with Crippen molar-refractivity contribution in [2.24, 2.45) is 0 Å². The third kappa shape index (κ3) is 6.09. The van der Waals surface area contributed by atoms with Crippen LogP contribution in [0.4, 0.5) is 0 Å². The summed E-state index contributed by atoms with van der Waals surface area (Å²) >= 11 is 6.06. The van der Waals surface area contributed by atoms with E-state index in [1.165, 1.54) is 0 Å². The fourth-order valence-corrected chi connectivity index (χ4v) is 2.05. The Balaban J connectivity index is 2.11. The van der Waals surface area contributed by atoms with Gasteiger partial charge in [0.25, 0.3) is 0 Å². The van der Waals surface area contributed by atoms with Crippen LogP contribution in [0.25, 0.3) is 0 Å². The molecule has 0 aliphatic rings. The summed E-state index contributed by atoms with van der Waals surface area (Å²) in [6.07, 6.45) is 0.908. The van der Waals surface area contributed by atoms with Crippen molar-refractivity contribution in [3.8, 4) is 5.75 Å². The predicted octanol–water partition coefficient (Wildman–Crippen LogP) is 2.40. The molecule has 2 N–H and O–H groups in total. The van der Waals surface area contributed by atoms with E-state index in [0.717, 1.165) is 24.3 Å². The van der Waals surface area contributed by atoms with Gasteiger partial charge in [0, 0.05) is 12.6 Å². The number of benzene rings is 1. The van der Waals surface area contributed by atoms with E-state index >= 15 is 0 Å². The first-order valence-corrected chi connectivity index (χ1v) is 7.36. The second-order valence-corrected chi connectivity index (χ2v) is 5.00. The number of nitrogens with one attached hydrogen (secondary N) is 1. The number of aliphatic hydroxyl groups excluding tert-OH is 1. The van der Waals surface area contributed by atoms with Gasteiger partial charge < -0.3 is 19.9 Å². The van der Waals surface area contributed by atoms with Crippen LogP contribution in [0.3, 0.4) is 0 Å². The van der Waals surface area contributed by atoms with Crippen molar-refractivity contribution >= 4 is 11.6 Å². The normalized spacial score (nSPS) is 12.4. The van der Waals surface area contributed by atoms with Gasteiger partial charge in [-0.3, -0.25) is 0 Å². The lowest BCUT2D eigenvalue weighted by Gasteiger charge is -2.14. The van der Waals surface area contributed by atoms with Gasteiger partial charge in [0.2, 0.25) is 0 Å². The first-order chi connectivity index (χ1) is 9.69. The Hall–Kier alpha value is -0.810. The molecule has 1 atom stereocenters. The average Bonchev–Trinajstić information content (AvgIpc) is 2.44. The minimum Gasteiger partial charge on any atom is -0.489 e. The Morgan fingerprint density at radius 2 is 2.10 bits per heavy atom. The monoisotopic (exact) mass is 301 g/mol. The SMILES string of the molecule is CC[C@@H](CO)NCCOCCOc1c(C)cccc1Cl. The molecule has 5 heteroatoms. The van der Waals surface area contributed by atoms with E-state index < -0.39 is 0 Å². The molecule has 20 heavy (non-hydrogen) atoms. The molecule has 1 aromatic rings. The lowest BCUT2D eigenvalue weighted by Crippen LogP contribution is -2.34. The Labute approximate surface area is 126 Å². The molecule has 4 nitrogen and oxygen atoms in total. The van der Waals surface area contributed by atoms with Crippen molar-refractivity contribution in [3.63, 3.8) is 0 Å². The van der Waals surface area contributed by atoms with Crippen LogP contribution in [0.1, 0.15) is 18.9 Å². The summed E-state index contributed by atoms with van der Waals surface area (Å²) in [5.41, 5.74) is 1.02. The van der Waals surface area contributed by atoms with Gasteiger partial charge in [-0.05, 0) is 25.0 Å². The molecule has 0 amide bonds. The molecule has 0 aromatic heterocycles. The molecule has 0 fully saturated rings. The largest absolute Gasteiger partial charge is 0.489 e. The first-order valence-electron chi connectivity index (χ1n) is 6.99. The molecule has 1 aromatic carbocycles. The van der Waals surface area contributed by atoms with Crippen molar-refractivity contribution in [2.45, 2.75) is 26.3 Å². The second kappa shape index (κ2) is 10.00. The summed E-state index contributed by atoms with van der Waals surface area (Å²) in [7, 11) is 0. The van der Waals surface area contributed by atoms with Crippen LogP contribution < -0.4 is 10.1 Å². The lowest BCUT2D eigenvalue weighted by molar-refractivity contribution is 0.0980. The highest BCUT2D eigenvalue weighted by Crippen LogP contribution is 2.27. The summed E-state index contributed by atoms with van der Waals surface area (Å²) in [4.78, 5) is 0. The van der Waals surface area contributed by atoms with Gasteiger partial charge in [-0.2, -0.15) is 0 Å². The van der Waals surface area contributed by atoms with Crippen LogP contribution in [0.2, 0.25) is 5.02 Å². The zero-order valence-electron chi connectivity index (χ0n) is 12.2. The number of halogens is 1. The zero-order valence-corrected chi connectivity index (χ0v) is 12.9. The molecule has 0 saturated carbocycles. The Kier molecular flexibility index (Phi) is 8.62. The highest BCUT2D eigenvalue weighted by atomic mass is 35.5. The van der Waals surface area contributed by atoms with Crippen LogP contribution >= 0.6 is 11.6 Å². The summed E-state index contributed by atoms with van der Waals surface area (Å²) in [6.45, 7) is 6.47. The van der Waals surface area contributed by atoms with Gasteiger partial charge in [-0.25, -0.2) is 0 Å². The van der Waals surface area contributed by atoms with E-state index in [1.54, 1.807) is 0 Å². The van der Waals surface area contributed by atoms with Crippen LogP contribution in [0, 0.1) is 6.92 Å². The smallest absolute Gasteiger partial charge is 0.140 e. The molecule has 0 bridgehead atoms. The summed E-state index contributed by atoms with van der Waals surface area (Å²) in [6, 6.07) is 5.83. The minimum absolute atomic E-state index is 0.153. The topological polar surface area (TPSA) is 50.7 Å². The highest BCUT2D eigenvalue weighted by molar-refractivity contribution is 6.32. The molecule has 0 aliphatic carbocycles. The van der Waals surface area contributed by atoms with E-state index in [4.69, 9.17) is 26.2 Å². The lowest BCUT2D eigenvalue weighted by atomic mass is 10.2. The third-order valence-corrected chi connectivity index (χ3v) is 3.33. The number of ether oxygens (including phenoxy) is 2. The Bertz CT molecular complexity index is 363. The van der Waals surface area contributed by atoms with Crippen molar-refractivity contribution < 1.29 is 14.6 Å². The van der Waals surface area contributed by atoms with Gasteiger partial charge in [0.05, 0.1) is 24.8 Å². The van der Waals surface area contributed by atoms with E-state index in [-0.39, 0.29) is 12.6 Å². The molecular weight excluding hydrogens is 278 g/mol. The maximum absolute atomic E-state index is 9.01. The summed E-state index contributed by atoms with van der Waals surface area (Å²) < 4.78 is 11.1.